The molecule has 94 valence electrons. The van der Waals surface area contributed by atoms with Gasteiger partial charge in [0, 0.05) is 6.61 Å². The summed E-state index contributed by atoms with van der Waals surface area (Å²) in [5.74, 6) is -0.333. The molecular weight excluding hydrogens is 223 g/mol. The van der Waals surface area contributed by atoms with Crippen LogP contribution in [0.2, 0.25) is 0 Å². The van der Waals surface area contributed by atoms with Crippen LogP contribution in [0.3, 0.4) is 0 Å². The zero-order chi connectivity index (χ0) is 12.8. The van der Waals surface area contributed by atoms with E-state index >= 15 is 0 Å². The minimum Gasteiger partial charge on any atom is -0.496 e. The second-order valence-corrected chi connectivity index (χ2v) is 3.56. The molecule has 0 N–H and O–H groups in total. The third kappa shape index (κ3) is 3.27. The lowest BCUT2D eigenvalue weighted by Crippen LogP contribution is -2.24. The maximum absolute atomic E-state index is 13.1. The van der Waals surface area contributed by atoms with Crippen molar-refractivity contribution >= 4 is 5.78 Å². The monoisotopic (exact) mass is 240 g/mol. The van der Waals surface area contributed by atoms with Crippen LogP contribution in [0, 0.1) is 5.82 Å². The van der Waals surface area contributed by atoms with Gasteiger partial charge in [-0.05, 0) is 31.5 Å². The summed E-state index contributed by atoms with van der Waals surface area (Å²) >= 11 is 0. The number of carbonyl (C=O) groups is 1. The van der Waals surface area contributed by atoms with Crippen LogP contribution in [0.4, 0.5) is 4.39 Å². The Kier molecular flexibility index (Phi) is 5.10. The maximum atomic E-state index is 13.1. The van der Waals surface area contributed by atoms with Crippen molar-refractivity contribution in [3.8, 4) is 5.75 Å². The van der Waals surface area contributed by atoms with Crippen LogP contribution in [0.1, 0.15) is 30.6 Å². The number of Topliss-reactive ketones (excluding diaryl/α,β-unsaturated/α-hetero) is 1. The summed E-state index contributed by atoms with van der Waals surface area (Å²) in [6.45, 7) is 4.12. The SMILES string of the molecule is CCOC(CC)C(=O)c1cc(F)ccc1OC. The molecule has 0 saturated carbocycles. The molecule has 0 aromatic heterocycles. The quantitative estimate of drug-likeness (QED) is 0.717. The minimum absolute atomic E-state index is 0.229. The molecular formula is C13H17FO3. The minimum atomic E-state index is -0.546. The number of ether oxygens (including phenoxy) is 2. The topological polar surface area (TPSA) is 35.5 Å². The van der Waals surface area contributed by atoms with Gasteiger partial charge in [0.05, 0.1) is 12.7 Å². The Morgan fingerprint density at radius 1 is 1.41 bits per heavy atom. The Labute approximate surface area is 101 Å². The molecule has 0 spiro atoms. The largest absolute Gasteiger partial charge is 0.496 e. The predicted octanol–water partition coefficient (Wildman–Crippen LogP) is 2.83. The summed E-state index contributed by atoms with van der Waals surface area (Å²) in [6.07, 6.45) is 0.00231. The second kappa shape index (κ2) is 6.35. The maximum Gasteiger partial charge on any atom is 0.195 e. The molecule has 0 amide bonds. The molecule has 1 aromatic carbocycles. The van der Waals surface area contributed by atoms with Gasteiger partial charge in [0.15, 0.2) is 5.78 Å². The Morgan fingerprint density at radius 3 is 2.65 bits per heavy atom. The molecule has 0 aliphatic heterocycles. The van der Waals surface area contributed by atoms with Crippen molar-refractivity contribution in [3.05, 3.63) is 29.6 Å². The molecule has 0 saturated heterocycles. The van der Waals surface area contributed by atoms with Gasteiger partial charge in [0.2, 0.25) is 0 Å². The number of benzene rings is 1. The summed E-state index contributed by atoms with van der Waals surface area (Å²) in [4.78, 5) is 12.1. The van der Waals surface area contributed by atoms with Crippen LogP contribution < -0.4 is 4.74 Å². The zero-order valence-electron chi connectivity index (χ0n) is 10.3. The van der Waals surface area contributed by atoms with Crippen molar-refractivity contribution in [1.29, 1.82) is 0 Å². The first-order chi connectivity index (χ1) is 8.13. The van der Waals surface area contributed by atoms with Crippen molar-refractivity contribution in [2.75, 3.05) is 13.7 Å². The van der Waals surface area contributed by atoms with Crippen LogP contribution in [0.15, 0.2) is 18.2 Å². The number of hydrogen-bond donors (Lipinski definition) is 0. The van der Waals surface area contributed by atoms with E-state index in [2.05, 4.69) is 0 Å². The van der Waals surface area contributed by atoms with E-state index in [9.17, 15) is 9.18 Å². The number of carbonyl (C=O) groups excluding carboxylic acids is 1. The third-order valence-electron chi connectivity index (χ3n) is 2.46. The molecule has 1 atom stereocenters. The molecule has 1 unspecified atom stereocenters. The van der Waals surface area contributed by atoms with Gasteiger partial charge >= 0.3 is 0 Å². The van der Waals surface area contributed by atoms with Crippen molar-refractivity contribution in [1.82, 2.24) is 0 Å². The Balaban J connectivity index is 3.04. The number of methoxy groups -OCH3 is 1. The predicted molar refractivity (Wildman–Crippen MR) is 63.0 cm³/mol. The molecule has 0 bridgehead atoms. The molecule has 17 heavy (non-hydrogen) atoms. The van der Waals surface area contributed by atoms with Gasteiger partial charge in [-0.15, -0.1) is 0 Å². The number of ketones is 1. The standard InChI is InChI=1S/C13H17FO3/c1-4-11(17-5-2)13(15)10-8-9(14)6-7-12(10)16-3/h6-8,11H,4-5H2,1-3H3. The molecule has 0 fully saturated rings. The molecule has 0 aliphatic carbocycles. The van der Waals surface area contributed by atoms with E-state index in [-0.39, 0.29) is 11.3 Å². The molecule has 1 rings (SSSR count). The summed E-state index contributed by atoms with van der Waals surface area (Å²) in [7, 11) is 1.45. The highest BCUT2D eigenvalue weighted by atomic mass is 19.1. The lowest BCUT2D eigenvalue weighted by atomic mass is 10.0. The summed E-state index contributed by atoms with van der Waals surface area (Å²) in [5.41, 5.74) is 0.229. The fourth-order valence-corrected chi connectivity index (χ4v) is 1.63. The van der Waals surface area contributed by atoms with Gasteiger partial charge in [-0.3, -0.25) is 4.79 Å². The molecule has 1 aromatic rings. The first kappa shape index (κ1) is 13.6. The summed E-state index contributed by atoms with van der Waals surface area (Å²) < 4.78 is 23.5. The first-order valence-corrected chi connectivity index (χ1v) is 5.63. The van der Waals surface area contributed by atoms with Gasteiger partial charge in [-0.2, -0.15) is 0 Å². The van der Waals surface area contributed by atoms with Crippen molar-refractivity contribution in [2.24, 2.45) is 0 Å². The number of halogens is 1. The summed E-state index contributed by atoms with van der Waals surface area (Å²) in [5, 5.41) is 0. The van der Waals surface area contributed by atoms with Crippen LogP contribution in [0.5, 0.6) is 5.75 Å². The average molecular weight is 240 g/mol. The Bertz CT molecular complexity index is 390. The highest BCUT2D eigenvalue weighted by molar-refractivity contribution is 6.01. The van der Waals surface area contributed by atoms with Crippen molar-refractivity contribution in [2.45, 2.75) is 26.4 Å². The molecule has 3 nitrogen and oxygen atoms in total. The van der Waals surface area contributed by atoms with E-state index in [0.29, 0.717) is 18.8 Å². The van der Waals surface area contributed by atoms with E-state index < -0.39 is 11.9 Å². The Morgan fingerprint density at radius 2 is 2.12 bits per heavy atom. The van der Waals surface area contributed by atoms with Crippen LogP contribution >= 0.6 is 0 Å². The van der Waals surface area contributed by atoms with E-state index in [4.69, 9.17) is 9.47 Å². The molecule has 0 heterocycles. The van der Waals surface area contributed by atoms with Gasteiger partial charge in [-0.25, -0.2) is 4.39 Å². The molecule has 0 aliphatic rings. The van der Waals surface area contributed by atoms with E-state index in [0.717, 1.165) is 0 Å². The summed E-state index contributed by atoms with van der Waals surface area (Å²) in [6, 6.07) is 3.89. The third-order valence-corrected chi connectivity index (χ3v) is 2.46. The molecule has 0 radical (unpaired) electrons. The van der Waals surface area contributed by atoms with Gasteiger partial charge in [0.1, 0.15) is 17.7 Å². The van der Waals surface area contributed by atoms with Gasteiger partial charge < -0.3 is 9.47 Å². The van der Waals surface area contributed by atoms with E-state index in [1.807, 2.05) is 13.8 Å². The highest BCUT2D eigenvalue weighted by Crippen LogP contribution is 2.22. The lowest BCUT2D eigenvalue weighted by Gasteiger charge is -2.15. The van der Waals surface area contributed by atoms with E-state index in [1.165, 1.54) is 25.3 Å². The average Bonchev–Trinajstić information content (AvgIpc) is 2.35. The van der Waals surface area contributed by atoms with Gasteiger partial charge in [0.25, 0.3) is 0 Å². The molecule has 4 heteroatoms. The normalized spacial score (nSPS) is 12.2. The first-order valence-electron chi connectivity index (χ1n) is 5.63. The second-order valence-electron chi connectivity index (χ2n) is 3.56. The van der Waals surface area contributed by atoms with Crippen LogP contribution in [-0.4, -0.2) is 25.6 Å². The smallest absolute Gasteiger partial charge is 0.195 e. The van der Waals surface area contributed by atoms with Crippen molar-refractivity contribution in [3.63, 3.8) is 0 Å². The lowest BCUT2D eigenvalue weighted by molar-refractivity contribution is 0.0441. The van der Waals surface area contributed by atoms with E-state index in [1.54, 1.807) is 0 Å². The fraction of sp³-hybridized carbons (Fsp3) is 0.462. The van der Waals surface area contributed by atoms with Crippen LogP contribution in [0.25, 0.3) is 0 Å². The van der Waals surface area contributed by atoms with Crippen LogP contribution in [-0.2, 0) is 4.74 Å². The fourth-order valence-electron chi connectivity index (χ4n) is 1.63. The van der Waals surface area contributed by atoms with Crippen molar-refractivity contribution < 1.29 is 18.7 Å². The number of hydrogen-bond acceptors (Lipinski definition) is 3. The number of rotatable bonds is 6. The zero-order valence-corrected chi connectivity index (χ0v) is 10.3. The Hall–Kier alpha value is -1.42. The van der Waals surface area contributed by atoms with Gasteiger partial charge in [-0.1, -0.05) is 6.92 Å². The highest BCUT2D eigenvalue weighted by Gasteiger charge is 2.22.